The highest BCUT2D eigenvalue weighted by atomic mass is 32.2. The number of thioether (sulfide) groups is 1. The fourth-order valence-corrected chi connectivity index (χ4v) is 3.97. The van der Waals surface area contributed by atoms with E-state index >= 15 is 0 Å². The average molecular weight is 475 g/mol. The molecular formula is C21H23FN6O4S. The molecule has 0 spiro atoms. The Morgan fingerprint density at radius 3 is 2.64 bits per heavy atom. The molecule has 0 saturated heterocycles. The van der Waals surface area contributed by atoms with Gasteiger partial charge in [0.1, 0.15) is 18.0 Å². The minimum absolute atomic E-state index is 0.0566. The zero-order valence-corrected chi connectivity index (χ0v) is 19.1. The number of allylic oxidation sites excluding steroid dienone is 1. The number of carbonyl (C=O) groups excluding carboxylic acids is 1. The van der Waals surface area contributed by atoms with E-state index < -0.39 is 28.1 Å². The number of hydrogen-bond donors (Lipinski definition) is 1. The van der Waals surface area contributed by atoms with E-state index in [1.54, 1.807) is 29.7 Å². The number of aromatic nitrogens is 5. The molecule has 0 bridgehead atoms. The molecule has 0 amide bonds. The predicted octanol–water partition coefficient (Wildman–Crippen LogP) is 1.53. The van der Waals surface area contributed by atoms with Crippen LogP contribution in [0.3, 0.4) is 0 Å². The van der Waals surface area contributed by atoms with E-state index in [2.05, 4.69) is 16.8 Å². The van der Waals surface area contributed by atoms with Gasteiger partial charge in [-0.15, -0.1) is 16.8 Å². The number of carbonyl (C=O) groups is 1. The molecule has 174 valence electrons. The number of rotatable bonds is 9. The van der Waals surface area contributed by atoms with Crippen molar-refractivity contribution in [3.05, 3.63) is 75.0 Å². The number of ketones is 1. The first kappa shape index (κ1) is 24.0. The Morgan fingerprint density at radius 2 is 1.97 bits per heavy atom. The second-order valence-electron chi connectivity index (χ2n) is 7.11. The van der Waals surface area contributed by atoms with Crippen molar-refractivity contribution in [2.24, 2.45) is 14.1 Å². The Labute approximate surface area is 192 Å². The molecule has 33 heavy (non-hydrogen) atoms. The lowest BCUT2D eigenvalue weighted by atomic mass is 10.1. The van der Waals surface area contributed by atoms with Crippen LogP contribution >= 0.6 is 11.8 Å². The molecule has 1 aromatic carbocycles. The zero-order valence-electron chi connectivity index (χ0n) is 18.3. The summed E-state index contributed by atoms with van der Waals surface area (Å²) in [5.74, 6) is -0.780. The third-order valence-electron chi connectivity index (χ3n) is 4.91. The molecule has 0 aliphatic carbocycles. The van der Waals surface area contributed by atoms with Gasteiger partial charge in [0.15, 0.2) is 28.3 Å². The van der Waals surface area contributed by atoms with Gasteiger partial charge in [0.2, 0.25) is 0 Å². The Kier molecular flexibility index (Phi) is 7.16. The van der Waals surface area contributed by atoms with Crippen molar-refractivity contribution in [3.8, 4) is 5.75 Å². The van der Waals surface area contributed by atoms with E-state index in [-0.39, 0.29) is 23.7 Å². The molecule has 12 heteroatoms. The average Bonchev–Trinajstić information content (AvgIpc) is 3.17. The van der Waals surface area contributed by atoms with Crippen molar-refractivity contribution in [1.29, 1.82) is 0 Å². The summed E-state index contributed by atoms with van der Waals surface area (Å²) >= 11 is 1.06. The minimum Gasteiger partial charge on any atom is -0.483 e. The summed E-state index contributed by atoms with van der Waals surface area (Å²) in [6.45, 7) is 5.57. The standard InChI is InChI=1S/C21H23FN6O4S/c1-5-10-28-15(11-32-14-9-7-6-8-13(14)22)24-25-20(28)33-12(2)17(29)16-18(23)26(3)21(31)27(4)19(16)30/h5-9,12H,1,10-11,23H2,2-4H3. The molecule has 0 fully saturated rings. The van der Waals surface area contributed by atoms with Crippen molar-refractivity contribution < 1.29 is 13.9 Å². The van der Waals surface area contributed by atoms with E-state index in [1.807, 2.05) is 0 Å². The second-order valence-corrected chi connectivity index (χ2v) is 8.42. The van der Waals surface area contributed by atoms with Gasteiger partial charge in [-0.3, -0.25) is 23.3 Å². The van der Waals surface area contributed by atoms with Crippen molar-refractivity contribution in [2.45, 2.75) is 30.5 Å². The molecule has 0 radical (unpaired) electrons. The number of para-hydroxylation sites is 1. The number of halogens is 1. The topological polar surface area (TPSA) is 127 Å². The molecule has 2 heterocycles. The van der Waals surface area contributed by atoms with E-state index in [0.717, 1.165) is 20.9 Å². The van der Waals surface area contributed by atoms with Gasteiger partial charge >= 0.3 is 5.69 Å². The lowest BCUT2D eigenvalue weighted by molar-refractivity contribution is 0.0992. The monoisotopic (exact) mass is 474 g/mol. The maximum atomic E-state index is 13.8. The number of ether oxygens (including phenoxy) is 1. The summed E-state index contributed by atoms with van der Waals surface area (Å²) in [7, 11) is 2.66. The van der Waals surface area contributed by atoms with Crippen LogP contribution in [0.1, 0.15) is 23.1 Å². The number of nitrogens with two attached hydrogens (primary N) is 1. The highest BCUT2D eigenvalue weighted by Crippen LogP contribution is 2.26. The molecule has 2 aromatic heterocycles. The number of nitrogens with zero attached hydrogens (tertiary/aromatic N) is 5. The van der Waals surface area contributed by atoms with E-state index in [4.69, 9.17) is 10.5 Å². The minimum atomic E-state index is -0.773. The van der Waals surface area contributed by atoms with Gasteiger partial charge in [0.25, 0.3) is 5.56 Å². The van der Waals surface area contributed by atoms with Crippen molar-refractivity contribution >= 4 is 23.4 Å². The molecule has 1 atom stereocenters. The first-order valence-electron chi connectivity index (χ1n) is 9.84. The lowest BCUT2D eigenvalue weighted by Gasteiger charge is -2.15. The molecule has 0 aliphatic heterocycles. The predicted molar refractivity (Wildman–Crippen MR) is 122 cm³/mol. The molecule has 10 nitrogen and oxygen atoms in total. The molecule has 1 unspecified atom stereocenters. The number of Topliss-reactive ketones (excluding diaryl/α,β-unsaturated/α-hetero) is 1. The maximum absolute atomic E-state index is 13.8. The van der Waals surface area contributed by atoms with Gasteiger partial charge in [0, 0.05) is 20.6 Å². The van der Waals surface area contributed by atoms with Gasteiger partial charge in [-0.25, -0.2) is 9.18 Å². The smallest absolute Gasteiger partial charge is 0.332 e. The Balaban J connectivity index is 1.85. The fraction of sp³-hybridized carbons (Fsp3) is 0.286. The van der Waals surface area contributed by atoms with Crippen LogP contribution in [-0.4, -0.2) is 34.9 Å². The van der Waals surface area contributed by atoms with Crippen LogP contribution in [0.15, 0.2) is 51.7 Å². The van der Waals surface area contributed by atoms with Crippen molar-refractivity contribution in [1.82, 2.24) is 23.9 Å². The number of hydrogen-bond acceptors (Lipinski definition) is 8. The van der Waals surface area contributed by atoms with E-state index in [1.165, 1.54) is 26.2 Å². The van der Waals surface area contributed by atoms with E-state index in [0.29, 0.717) is 17.5 Å². The van der Waals surface area contributed by atoms with Gasteiger partial charge in [0.05, 0.1) is 5.25 Å². The first-order chi connectivity index (χ1) is 15.7. The fourth-order valence-electron chi connectivity index (χ4n) is 3.04. The molecule has 0 aliphatic rings. The van der Waals surface area contributed by atoms with Gasteiger partial charge in [-0.2, -0.15) is 0 Å². The summed E-state index contributed by atoms with van der Waals surface area (Å²) in [5, 5.41) is 7.81. The summed E-state index contributed by atoms with van der Waals surface area (Å²) in [5.41, 5.74) is 4.24. The first-order valence-corrected chi connectivity index (χ1v) is 10.7. The largest absolute Gasteiger partial charge is 0.483 e. The third-order valence-corrected chi connectivity index (χ3v) is 5.99. The van der Waals surface area contributed by atoms with Crippen molar-refractivity contribution in [3.63, 3.8) is 0 Å². The Bertz CT molecular complexity index is 1330. The normalized spacial score (nSPS) is 11.9. The van der Waals surface area contributed by atoms with Crippen LogP contribution in [-0.2, 0) is 27.2 Å². The maximum Gasteiger partial charge on any atom is 0.332 e. The van der Waals surface area contributed by atoms with Gasteiger partial charge < -0.3 is 10.5 Å². The quantitative estimate of drug-likeness (QED) is 0.281. The van der Waals surface area contributed by atoms with E-state index in [9.17, 15) is 18.8 Å². The Morgan fingerprint density at radius 1 is 1.27 bits per heavy atom. The summed E-state index contributed by atoms with van der Waals surface area (Å²) in [6.07, 6.45) is 1.62. The van der Waals surface area contributed by atoms with Crippen LogP contribution in [0, 0.1) is 5.82 Å². The summed E-state index contributed by atoms with van der Waals surface area (Å²) in [4.78, 5) is 37.6. The highest BCUT2D eigenvalue weighted by molar-refractivity contribution is 8.00. The van der Waals surface area contributed by atoms with Crippen molar-refractivity contribution in [2.75, 3.05) is 5.73 Å². The highest BCUT2D eigenvalue weighted by Gasteiger charge is 2.27. The molecule has 2 N–H and O–H groups in total. The van der Waals surface area contributed by atoms with Gasteiger partial charge in [-0.05, 0) is 19.1 Å². The third kappa shape index (κ3) is 4.75. The van der Waals surface area contributed by atoms with Crippen LogP contribution in [0.25, 0.3) is 0 Å². The van der Waals surface area contributed by atoms with Crippen LogP contribution < -0.4 is 21.7 Å². The number of nitrogen functional groups attached to an aromatic ring is 1. The van der Waals surface area contributed by atoms with Gasteiger partial charge in [-0.1, -0.05) is 30.0 Å². The molecule has 0 saturated carbocycles. The Hall–Kier alpha value is -3.67. The SMILES string of the molecule is C=CCn1c(COc2ccccc2F)nnc1SC(C)C(=O)c1c(N)n(C)c(=O)n(C)c1=O. The van der Waals surface area contributed by atoms with Crippen LogP contribution in [0.4, 0.5) is 10.2 Å². The number of anilines is 1. The number of benzene rings is 1. The summed E-state index contributed by atoms with van der Waals surface area (Å²) < 4.78 is 22.9. The second kappa shape index (κ2) is 9.86. The lowest BCUT2D eigenvalue weighted by Crippen LogP contribution is -2.42. The molecular weight excluding hydrogens is 451 g/mol. The molecule has 3 rings (SSSR count). The van der Waals surface area contributed by atoms with Crippen LogP contribution in [0.2, 0.25) is 0 Å². The molecule has 3 aromatic rings. The summed E-state index contributed by atoms with van der Waals surface area (Å²) in [6, 6.07) is 5.99. The zero-order chi connectivity index (χ0) is 24.3. The van der Waals surface area contributed by atoms with Crippen LogP contribution in [0.5, 0.6) is 5.75 Å².